The van der Waals surface area contributed by atoms with Gasteiger partial charge in [-0.05, 0) is 91.7 Å². The zero-order valence-corrected chi connectivity index (χ0v) is 16.8. The van der Waals surface area contributed by atoms with Gasteiger partial charge in [0.1, 0.15) is 0 Å². The fourth-order valence-electron chi connectivity index (χ4n) is 6.28. The van der Waals surface area contributed by atoms with Crippen LogP contribution >= 0.6 is 0 Å². The van der Waals surface area contributed by atoms with E-state index in [1.54, 1.807) is 0 Å². The van der Waals surface area contributed by atoms with Crippen molar-refractivity contribution in [3.8, 4) is 0 Å². The van der Waals surface area contributed by atoms with Gasteiger partial charge in [0, 0.05) is 11.7 Å². The first-order valence-electron chi connectivity index (χ1n) is 10.4. The molecule has 4 aliphatic rings. The van der Waals surface area contributed by atoms with Gasteiger partial charge < -0.3 is 10.6 Å². The largest absolute Gasteiger partial charge is 0.335 e. The van der Waals surface area contributed by atoms with Crippen LogP contribution in [-0.2, 0) is 5.41 Å². The van der Waals surface area contributed by atoms with Crippen molar-refractivity contribution in [3.05, 3.63) is 29.8 Å². The lowest BCUT2D eigenvalue weighted by Crippen LogP contribution is -2.56. The molecule has 5 rings (SSSR count). The fourth-order valence-corrected chi connectivity index (χ4v) is 6.28. The Labute approximate surface area is 158 Å². The zero-order valence-electron chi connectivity index (χ0n) is 16.8. The van der Waals surface area contributed by atoms with Gasteiger partial charge in [-0.2, -0.15) is 0 Å². The number of carbonyl (C=O) groups excluding carboxylic acids is 1. The Balaban J connectivity index is 1.37. The van der Waals surface area contributed by atoms with E-state index in [1.165, 1.54) is 44.1 Å². The lowest BCUT2D eigenvalue weighted by molar-refractivity contribution is -0.0679. The summed E-state index contributed by atoms with van der Waals surface area (Å²) < 4.78 is 0. The Kier molecular flexibility index (Phi) is 4.32. The van der Waals surface area contributed by atoms with E-state index in [0.29, 0.717) is 5.41 Å². The summed E-state index contributed by atoms with van der Waals surface area (Å²) in [4.78, 5) is 12.6. The Morgan fingerprint density at radius 1 is 1.00 bits per heavy atom. The lowest BCUT2D eigenvalue weighted by atomic mass is 9.48. The van der Waals surface area contributed by atoms with E-state index in [9.17, 15) is 4.79 Å². The normalized spacial score (nSPS) is 33.8. The first-order chi connectivity index (χ1) is 12.2. The van der Waals surface area contributed by atoms with E-state index < -0.39 is 0 Å². The van der Waals surface area contributed by atoms with Crippen LogP contribution in [0.15, 0.2) is 24.3 Å². The molecule has 4 bridgehead atoms. The van der Waals surface area contributed by atoms with E-state index in [-0.39, 0.29) is 17.5 Å². The maximum atomic E-state index is 12.6. The average molecular weight is 355 g/mol. The molecule has 1 aromatic rings. The van der Waals surface area contributed by atoms with Crippen LogP contribution < -0.4 is 10.6 Å². The minimum Gasteiger partial charge on any atom is -0.335 e. The molecule has 0 radical (unpaired) electrons. The predicted octanol–water partition coefficient (Wildman–Crippen LogP) is 5.71. The molecule has 0 heterocycles. The van der Waals surface area contributed by atoms with Gasteiger partial charge in [0.25, 0.3) is 0 Å². The number of benzene rings is 1. The number of nitrogens with one attached hydrogen (secondary N) is 2. The molecule has 1 atom stereocenters. The van der Waals surface area contributed by atoms with E-state index in [4.69, 9.17) is 0 Å². The molecular formula is C23H34N2O. The van der Waals surface area contributed by atoms with E-state index in [1.807, 2.05) is 12.1 Å². The van der Waals surface area contributed by atoms with Gasteiger partial charge in [-0.3, -0.25) is 0 Å². The highest BCUT2D eigenvalue weighted by Crippen LogP contribution is 2.61. The smallest absolute Gasteiger partial charge is 0.319 e. The van der Waals surface area contributed by atoms with Crippen molar-refractivity contribution < 1.29 is 4.79 Å². The third kappa shape index (κ3) is 3.37. The van der Waals surface area contributed by atoms with Crippen LogP contribution in [-0.4, -0.2) is 12.1 Å². The second-order valence-corrected chi connectivity index (χ2v) is 10.4. The molecule has 1 unspecified atom stereocenters. The Bertz CT molecular complexity index is 635. The number of rotatable bonds is 3. The molecule has 2 N–H and O–H groups in total. The molecule has 1 aromatic carbocycles. The topological polar surface area (TPSA) is 41.1 Å². The highest BCUT2D eigenvalue weighted by atomic mass is 16.2. The van der Waals surface area contributed by atoms with E-state index in [0.717, 1.165) is 23.4 Å². The van der Waals surface area contributed by atoms with Crippen molar-refractivity contribution in [2.45, 2.75) is 77.7 Å². The Morgan fingerprint density at radius 2 is 1.50 bits per heavy atom. The van der Waals surface area contributed by atoms with Crippen LogP contribution in [0.2, 0.25) is 0 Å². The number of anilines is 1. The number of urea groups is 1. The standard InChI is InChI=1S/C23H34N2O/c1-15(23-12-16-9-17(13-23)11-18(10-16)14-23)24-21(26)25-20-7-5-19(6-8-20)22(2,3)4/h5-8,15-18H,9-14H2,1-4H3,(H2,24,25,26). The van der Waals surface area contributed by atoms with Crippen LogP contribution in [0, 0.1) is 23.2 Å². The first kappa shape index (κ1) is 17.9. The van der Waals surface area contributed by atoms with Crippen molar-refractivity contribution >= 4 is 11.7 Å². The summed E-state index contributed by atoms with van der Waals surface area (Å²) in [6.07, 6.45) is 8.29. The van der Waals surface area contributed by atoms with Crippen LogP contribution in [0.5, 0.6) is 0 Å². The molecule has 3 heteroatoms. The number of hydrogen-bond acceptors (Lipinski definition) is 1. The highest BCUT2D eigenvalue weighted by molar-refractivity contribution is 5.89. The summed E-state index contributed by atoms with van der Waals surface area (Å²) in [7, 11) is 0. The molecule has 26 heavy (non-hydrogen) atoms. The minimum absolute atomic E-state index is 0.0586. The van der Waals surface area contributed by atoms with E-state index >= 15 is 0 Å². The molecule has 0 spiro atoms. The molecule has 0 aromatic heterocycles. The monoisotopic (exact) mass is 354 g/mol. The van der Waals surface area contributed by atoms with Gasteiger partial charge in [0.15, 0.2) is 0 Å². The van der Waals surface area contributed by atoms with E-state index in [2.05, 4.69) is 50.5 Å². The Morgan fingerprint density at radius 3 is 1.96 bits per heavy atom. The summed E-state index contributed by atoms with van der Waals surface area (Å²) in [5.41, 5.74) is 2.63. The van der Waals surface area contributed by atoms with Crippen LogP contribution in [0.1, 0.15) is 71.8 Å². The first-order valence-corrected chi connectivity index (χ1v) is 10.4. The summed E-state index contributed by atoms with van der Waals surface area (Å²) >= 11 is 0. The van der Waals surface area contributed by atoms with Crippen molar-refractivity contribution in [1.29, 1.82) is 0 Å². The van der Waals surface area contributed by atoms with Gasteiger partial charge in [-0.25, -0.2) is 4.79 Å². The molecule has 4 aliphatic carbocycles. The molecule has 4 fully saturated rings. The highest BCUT2D eigenvalue weighted by Gasteiger charge is 2.53. The molecule has 0 saturated heterocycles. The number of hydrogen-bond donors (Lipinski definition) is 2. The second-order valence-electron chi connectivity index (χ2n) is 10.4. The quantitative estimate of drug-likeness (QED) is 0.717. The van der Waals surface area contributed by atoms with Gasteiger partial charge in [-0.1, -0.05) is 32.9 Å². The van der Waals surface area contributed by atoms with Gasteiger partial charge in [0.2, 0.25) is 0 Å². The fraction of sp³-hybridized carbons (Fsp3) is 0.696. The number of amides is 2. The summed E-state index contributed by atoms with van der Waals surface area (Å²) in [6.45, 7) is 8.84. The summed E-state index contributed by atoms with van der Waals surface area (Å²) in [5, 5.41) is 6.31. The lowest BCUT2D eigenvalue weighted by Gasteiger charge is -2.59. The summed E-state index contributed by atoms with van der Waals surface area (Å²) in [6, 6.07) is 8.43. The van der Waals surface area contributed by atoms with Crippen LogP contribution in [0.4, 0.5) is 10.5 Å². The van der Waals surface area contributed by atoms with Crippen molar-refractivity contribution in [1.82, 2.24) is 5.32 Å². The maximum Gasteiger partial charge on any atom is 0.319 e. The number of carbonyl (C=O) groups is 1. The molecule has 0 aliphatic heterocycles. The zero-order chi connectivity index (χ0) is 18.5. The molecular weight excluding hydrogens is 320 g/mol. The second kappa shape index (κ2) is 6.28. The van der Waals surface area contributed by atoms with Crippen LogP contribution in [0.3, 0.4) is 0 Å². The van der Waals surface area contributed by atoms with Gasteiger partial charge in [-0.15, -0.1) is 0 Å². The third-order valence-electron chi connectivity index (χ3n) is 7.36. The molecule has 2 amide bonds. The van der Waals surface area contributed by atoms with Gasteiger partial charge in [0.05, 0.1) is 0 Å². The van der Waals surface area contributed by atoms with Crippen LogP contribution in [0.25, 0.3) is 0 Å². The average Bonchev–Trinajstić information content (AvgIpc) is 2.53. The molecule has 3 nitrogen and oxygen atoms in total. The Hall–Kier alpha value is -1.51. The molecule has 4 saturated carbocycles. The van der Waals surface area contributed by atoms with Crippen molar-refractivity contribution in [3.63, 3.8) is 0 Å². The summed E-state index contributed by atoms with van der Waals surface area (Å²) in [5.74, 6) is 2.75. The minimum atomic E-state index is -0.0586. The van der Waals surface area contributed by atoms with Crippen molar-refractivity contribution in [2.24, 2.45) is 23.2 Å². The maximum absolute atomic E-state index is 12.6. The van der Waals surface area contributed by atoms with Gasteiger partial charge >= 0.3 is 6.03 Å². The van der Waals surface area contributed by atoms with Crippen molar-refractivity contribution in [2.75, 3.05) is 5.32 Å². The molecule has 142 valence electrons. The third-order valence-corrected chi connectivity index (χ3v) is 7.36. The SMILES string of the molecule is CC(NC(=O)Nc1ccc(C(C)(C)C)cc1)C12CC3CC(CC(C3)C1)C2. The predicted molar refractivity (Wildman–Crippen MR) is 107 cm³/mol.